The molecule has 0 radical (unpaired) electrons. The van der Waals surface area contributed by atoms with Crippen molar-refractivity contribution in [3.63, 3.8) is 0 Å². The number of aromatic nitrogens is 1. The van der Waals surface area contributed by atoms with Crippen LogP contribution in [0.4, 0.5) is 0 Å². The minimum atomic E-state index is 0.0320. The summed E-state index contributed by atoms with van der Waals surface area (Å²) in [5.74, 6) is 0.0320. The molecule has 1 heterocycles. The summed E-state index contributed by atoms with van der Waals surface area (Å²) in [6, 6.07) is 8.12. The van der Waals surface area contributed by atoms with Crippen molar-refractivity contribution >= 4 is 17.2 Å². The van der Waals surface area contributed by atoms with Crippen LogP contribution in [-0.4, -0.2) is 16.9 Å². The summed E-state index contributed by atoms with van der Waals surface area (Å²) in [5.41, 5.74) is 1.84. The molecule has 2 aromatic rings. The van der Waals surface area contributed by atoms with Crippen molar-refractivity contribution in [2.45, 2.75) is 25.8 Å². The number of rotatable bonds is 3. The maximum absolute atomic E-state index is 11.8. The molecule has 0 aliphatic heterocycles. The molecule has 3 rings (SSSR count). The first-order valence-corrected chi connectivity index (χ1v) is 6.88. The summed E-state index contributed by atoms with van der Waals surface area (Å²) in [6.45, 7) is 1.99. The molecule has 1 N–H and O–H groups in total. The molecule has 92 valence electrons. The highest BCUT2D eigenvalue weighted by Crippen LogP contribution is 2.26. The molecular formula is C14H14N2OS. The van der Waals surface area contributed by atoms with Crippen LogP contribution in [0.1, 0.15) is 28.2 Å². The molecule has 1 aromatic heterocycles. The lowest BCUT2D eigenvalue weighted by atomic mass is 10.1. The van der Waals surface area contributed by atoms with Gasteiger partial charge in [-0.25, -0.2) is 4.98 Å². The van der Waals surface area contributed by atoms with E-state index in [9.17, 15) is 4.79 Å². The highest BCUT2D eigenvalue weighted by molar-refractivity contribution is 7.15. The highest BCUT2D eigenvalue weighted by Gasteiger charge is 2.23. The van der Waals surface area contributed by atoms with Gasteiger partial charge in [0.05, 0.1) is 9.88 Å². The molecule has 1 aliphatic carbocycles. The lowest BCUT2D eigenvalue weighted by Crippen LogP contribution is -2.25. The molecule has 1 aliphatic rings. The van der Waals surface area contributed by atoms with E-state index in [-0.39, 0.29) is 5.91 Å². The second-order valence-electron chi connectivity index (χ2n) is 4.57. The van der Waals surface area contributed by atoms with E-state index >= 15 is 0 Å². The van der Waals surface area contributed by atoms with Crippen LogP contribution in [0.5, 0.6) is 0 Å². The van der Waals surface area contributed by atoms with Crippen LogP contribution in [-0.2, 0) is 0 Å². The third kappa shape index (κ3) is 2.43. The molecule has 0 bridgehead atoms. The third-order valence-corrected chi connectivity index (χ3v) is 3.93. The van der Waals surface area contributed by atoms with Gasteiger partial charge in [-0.2, -0.15) is 0 Å². The Morgan fingerprint density at radius 1 is 1.33 bits per heavy atom. The maximum atomic E-state index is 11.8. The Kier molecular flexibility index (Phi) is 2.88. The zero-order valence-electron chi connectivity index (χ0n) is 10.1. The third-order valence-electron chi connectivity index (χ3n) is 2.97. The molecule has 4 heteroatoms. The van der Waals surface area contributed by atoms with E-state index in [0.717, 1.165) is 33.9 Å². The average molecular weight is 258 g/mol. The van der Waals surface area contributed by atoms with Crippen LogP contribution in [0.25, 0.3) is 10.4 Å². The number of carbonyl (C=O) groups is 1. The molecule has 1 amide bonds. The average Bonchev–Trinajstić information content (AvgIpc) is 3.09. The molecule has 0 spiro atoms. The quantitative estimate of drug-likeness (QED) is 0.919. The van der Waals surface area contributed by atoms with Crippen LogP contribution >= 0.6 is 11.3 Å². The monoisotopic (exact) mass is 258 g/mol. The second kappa shape index (κ2) is 4.53. The molecular weight excluding hydrogens is 244 g/mol. The van der Waals surface area contributed by atoms with Crippen molar-refractivity contribution in [1.29, 1.82) is 0 Å². The van der Waals surface area contributed by atoms with Crippen LogP contribution in [0.3, 0.4) is 0 Å². The fraction of sp³-hybridized carbons (Fsp3) is 0.286. The largest absolute Gasteiger partial charge is 0.349 e. The molecule has 0 saturated heterocycles. The molecule has 1 aromatic carbocycles. The predicted molar refractivity (Wildman–Crippen MR) is 72.8 cm³/mol. The number of nitrogens with one attached hydrogen (secondary N) is 1. The van der Waals surface area contributed by atoms with Gasteiger partial charge in [-0.15, -0.1) is 11.3 Å². The van der Waals surface area contributed by atoms with Gasteiger partial charge < -0.3 is 5.32 Å². The van der Waals surface area contributed by atoms with E-state index in [4.69, 9.17) is 0 Å². The van der Waals surface area contributed by atoms with Crippen molar-refractivity contribution in [3.05, 3.63) is 41.0 Å². The highest BCUT2D eigenvalue weighted by atomic mass is 32.1. The van der Waals surface area contributed by atoms with E-state index in [1.807, 2.05) is 37.4 Å². The van der Waals surface area contributed by atoms with E-state index < -0.39 is 0 Å². The summed E-state index contributed by atoms with van der Waals surface area (Å²) >= 11 is 1.66. The molecule has 0 atom stereocenters. The summed E-state index contributed by atoms with van der Waals surface area (Å²) in [7, 11) is 0. The van der Waals surface area contributed by atoms with Gasteiger partial charge in [0.25, 0.3) is 5.91 Å². The Bertz CT molecular complexity index is 570. The fourth-order valence-corrected chi connectivity index (χ4v) is 2.56. The van der Waals surface area contributed by atoms with Gasteiger partial charge in [0, 0.05) is 17.8 Å². The van der Waals surface area contributed by atoms with Crippen molar-refractivity contribution in [2.24, 2.45) is 0 Å². The second-order valence-corrected chi connectivity index (χ2v) is 5.80. The van der Waals surface area contributed by atoms with Crippen LogP contribution in [0.2, 0.25) is 0 Å². The van der Waals surface area contributed by atoms with Gasteiger partial charge in [0.2, 0.25) is 0 Å². The van der Waals surface area contributed by atoms with E-state index in [0.29, 0.717) is 6.04 Å². The van der Waals surface area contributed by atoms with Crippen molar-refractivity contribution in [1.82, 2.24) is 10.3 Å². The Hall–Kier alpha value is -1.68. The molecule has 0 unspecified atom stereocenters. The van der Waals surface area contributed by atoms with E-state index in [1.165, 1.54) is 0 Å². The number of hydrogen-bond donors (Lipinski definition) is 1. The number of amides is 1. The Morgan fingerprint density at radius 2 is 2.06 bits per heavy atom. The minimum absolute atomic E-state index is 0.0320. The van der Waals surface area contributed by atoms with Gasteiger partial charge in [0.1, 0.15) is 0 Å². The fourth-order valence-electron chi connectivity index (χ4n) is 1.78. The van der Waals surface area contributed by atoms with Gasteiger partial charge in [-0.1, -0.05) is 12.1 Å². The number of benzene rings is 1. The molecule has 3 nitrogen and oxygen atoms in total. The Morgan fingerprint density at radius 3 is 2.61 bits per heavy atom. The topological polar surface area (TPSA) is 42.0 Å². The zero-order valence-corrected chi connectivity index (χ0v) is 11.0. The number of carbonyl (C=O) groups excluding carboxylic acids is 1. The number of thiazole rings is 1. The van der Waals surface area contributed by atoms with Crippen molar-refractivity contribution in [3.8, 4) is 10.4 Å². The normalized spacial score (nSPS) is 14.5. The smallest absolute Gasteiger partial charge is 0.251 e. The first kappa shape index (κ1) is 11.4. The van der Waals surface area contributed by atoms with Crippen molar-refractivity contribution < 1.29 is 4.79 Å². The van der Waals surface area contributed by atoms with Gasteiger partial charge in [-0.3, -0.25) is 4.79 Å². The molecule has 1 fully saturated rings. The minimum Gasteiger partial charge on any atom is -0.349 e. The Labute approximate surface area is 110 Å². The summed E-state index contributed by atoms with van der Waals surface area (Å²) < 4.78 is 0. The van der Waals surface area contributed by atoms with Crippen LogP contribution in [0, 0.1) is 6.92 Å². The van der Waals surface area contributed by atoms with Crippen LogP contribution in [0.15, 0.2) is 30.5 Å². The van der Waals surface area contributed by atoms with Gasteiger partial charge in [-0.05, 0) is 37.5 Å². The van der Waals surface area contributed by atoms with Crippen molar-refractivity contribution in [2.75, 3.05) is 0 Å². The zero-order chi connectivity index (χ0) is 12.5. The van der Waals surface area contributed by atoms with E-state index in [2.05, 4.69) is 10.3 Å². The molecule has 18 heavy (non-hydrogen) atoms. The van der Waals surface area contributed by atoms with E-state index in [1.54, 1.807) is 11.3 Å². The molecule has 1 saturated carbocycles. The number of hydrogen-bond acceptors (Lipinski definition) is 3. The summed E-state index contributed by atoms with van der Waals surface area (Å²) in [5, 5.41) is 4.04. The Balaban J connectivity index is 1.77. The lowest BCUT2D eigenvalue weighted by molar-refractivity contribution is 0.0951. The van der Waals surface area contributed by atoms with Gasteiger partial charge in [0.15, 0.2) is 0 Å². The first-order chi connectivity index (χ1) is 8.72. The summed E-state index contributed by atoms with van der Waals surface area (Å²) in [4.78, 5) is 17.2. The number of nitrogens with zero attached hydrogens (tertiary/aromatic N) is 1. The lowest BCUT2D eigenvalue weighted by Gasteiger charge is -2.03. The first-order valence-electron chi connectivity index (χ1n) is 6.06. The maximum Gasteiger partial charge on any atom is 0.251 e. The van der Waals surface area contributed by atoms with Crippen LogP contribution < -0.4 is 5.32 Å². The SMILES string of the molecule is Cc1ncc(-c2ccc(C(=O)NC3CC3)cc2)s1. The predicted octanol–water partition coefficient (Wildman–Crippen LogP) is 3.01. The number of aryl methyl sites for hydroxylation is 1. The standard InChI is InChI=1S/C14H14N2OS/c1-9-15-8-13(18-9)10-2-4-11(5-3-10)14(17)16-12-6-7-12/h2-5,8,12H,6-7H2,1H3,(H,16,17). The van der Waals surface area contributed by atoms with Gasteiger partial charge >= 0.3 is 0 Å². The summed E-state index contributed by atoms with van der Waals surface area (Å²) in [6.07, 6.45) is 4.10.